The van der Waals surface area contributed by atoms with E-state index in [-0.39, 0.29) is 24.9 Å². The molecule has 2 aromatic carbocycles. The number of aliphatic hydroxyl groups excluding tert-OH is 1. The van der Waals surface area contributed by atoms with Crippen molar-refractivity contribution in [3.63, 3.8) is 0 Å². The Kier molecular flexibility index (Phi) is 5.44. The molecule has 9 nitrogen and oxygen atoms in total. The van der Waals surface area contributed by atoms with Crippen LogP contribution < -0.4 is 4.74 Å². The molecule has 186 valence electrons. The van der Waals surface area contributed by atoms with E-state index >= 15 is 0 Å². The number of rotatable bonds is 5. The van der Waals surface area contributed by atoms with Gasteiger partial charge in [0.2, 0.25) is 0 Å². The Morgan fingerprint density at radius 2 is 1.68 bits per heavy atom. The summed E-state index contributed by atoms with van der Waals surface area (Å²) in [7, 11) is 0. The van der Waals surface area contributed by atoms with Gasteiger partial charge in [0.05, 0.1) is 40.7 Å². The van der Waals surface area contributed by atoms with Crippen molar-refractivity contribution in [1.82, 2.24) is 24.7 Å². The van der Waals surface area contributed by atoms with Crippen LogP contribution in [0.2, 0.25) is 5.02 Å². The van der Waals surface area contributed by atoms with Crippen molar-refractivity contribution in [2.75, 3.05) is 13.2 Å². The minimum absolute atomic E-state index is 0.259. The van der Waals surface area contributed by atoms with Crippen molar-refractivity contribution in [3.05, 3.63) is 78.3 Å². The molecule has 5 heterocycles. The number of fused-ring (bicyclic) bond motifs is 2. The lowest BCUT2D eigenvalue weighted by molar-refractivity contribution is 0.00794. The fourth-order valence-electron chi connectivity index (χ4n) is 4.95. The van der Waals surface area contributed by atoms with E-state index in [4.69, 9.17) is 30.8 Å². The third-order valence-electron chi connectivity index (χ3n) is 6.83. The maximum absolute atomic E-state index is 9.95. The zero-order valence-corrected chi connectivity index (χ0v) is 20.2. The Morgan fingerprint density at radius 3 is 2.43 bits per heavy atom. The third-order valence-corrected chi connectivity index (χ3v) is 7.12. The molecule has 2 fully saturated rings. The van der Waals surface area contributed by atoms with Crippen molar-refractivity contribution in [3.8, 4) is 34.0 Å². The highest BCUT2D eigenvalue weighted by molar-refractivity contribution is 6.33. The summed E-state index contributed by atoms with van der Waals surface area (Å²) in [6, 6.07) is 20.0. The van der Waals surface area contributed by atoms with Crippen molar-refractivity contribution < 1.29 is 19.3 Å². The van der Waals surface area contributed by atoms with Gasteiger partial charge in [-0.2, -0.15) is 5.10 Å². The number of aromatic amines is 1. The summed E-state index contributed by atoms with van der Waals surface area (Å²) in [4.78, 5) is 12.0. The van der Waals surface area contributed by atoms with Gasteiger partial charge in [-0.25, -0.2) is 14.6 Å². The molecule has 0 spiro atoms. The Labute approximate surface area is 216 Å². The van der Waals surface area contributed by atoms with Crippen molar-refractivity contribution in [1.29, 1.82) is 0 Å². The van der Waals surface area contributed by atoms with Gasteiger partial charge in [0, 0.05) is 11.6 Å². The van der Waals surface area contributed by atoms with E-state index in [1.165, 1.54) is 6.33 Å². The monoisotopic (exact) mass is 515 g/mol. The SMILES string of the molecule is O[C@@H]1CO[C@H]2C1OC[C@H]2Oc1cc2nc(-c3ccc(-c4ccc(-n5cncn5)cc4)cc3)c(Cl)cc2[nH]1. The zero-order chi connectivity index (χ0) is 24.9. The predicted molar refractivity (Wildman–Crippen MR) is 137 cm³/mol. The molecule has 3 aromatic heterocycles. The lowest BCUT2D eigenvalue weighted by atomic mass is 10.0. The van der Waals surface area contributed by atoms with E-state index in [1.54, 1.807) is 11.0 Å². The first-order valence-corrected chi connectivity index (χ1v) is 12.3. The van der Waals surface area contributed by atoms with Gasteiger partial charge in [0.25, 0.3) is 0 Å². The highest BCUT2D eigenvalue weighted by atomic mass is 35.5. The molecule has 37 heavy (non-hydrogen) atoms. The molecule has 0 amide bonds. The number of nitrogens with zero attached hydrogens (tertiary/aromatic N) is 4. The molecule has 5 aromatic rings. The first kappa shape index (κ1) is 22.4. The topological polar surface area (TPSA) is 107 Å². The average Bonchev–Trinajstić information content (AvgIpc) is 3.71. The highest BCUT2D eigenvalue weighted by Gasteiger charge is 2.48. The van der Waals surface area contributed by atoms with Crippen LogP contribution in [0.3, 0.4) is 0 Å². The molecule has 0 radical (unpaired) electrons. The van der Waals surface area contributed by atoms with Gasteiger partial charge >= 0.3 is 0 Å². The fraction of sp³-hybridized carbons (Fsp3) is 0.222. The van der Waals surface area contributed by atoms with Crippen LogP contribution in [0.5, 0.6) is 5.88 Å². The van der Waals surface area contributed by atoms with Crippen LogP contribution in [0.15, 0.2) is 73.3 Å². The van der Waals surface area contributed by atoms with Gasteiger partial charge < -0.3 is 24.3 Å². The second-order valence-corrected chi connectivity index (χ2v) is 9.58. The summed E-state index contributed by atoms with van der Waals surface area (Å²) >= 11 is 6.62. The largest absolute Gasteiger partial charge is 0.470 e. The van der Waals surface area contributed by atoms with E-state index in [1.807, 2.05) is 36.4 Å². The van der Waals surface area contributed by atoms with Crippen LogP contribution in [-0.4, -0.2) is 67.5 Å². The van der Waals surface area contributed by atoms with Crippen LogP contribution in [0, 0.1) is 0 Å². The Morgan fingerprint density at radius 1 is 0.946 bits per heavy atom. The molecular formula is C27H22ClN5O4. The summed E-state index contributed by atoms with van der Waals surface area (Å²) in [5.74, 6) is 0.555. The van der Waals surface area contributed by atoms with Crippen LogP contribution in [-0.2, 0) is 9.47 Å². The van der Waals surface area contributed by atoms with E-state index in [0.717, 1.165) is 33.4 Å². The number of hydrogen-bond acceptors (Lipinski definition) is 7. The lowest BCUT2D eigenvalue weighted by Crippen LogP contribution is -2.34. The number of H-pyrrole nitrogens is 1. The van der Waals surface area contributed by atoms with Crippen molar-refractivity contribution >= 4 is 22.6 Å². The molecule has 2 aliphatic heterocycles. The molecule has 10 heteroatoms. The number of aromatic nitrogens is 5. The van der Waals surface area contributed by atoms with Crippen LogP contribution in [0.4, 0.5) is 0 Å². The van der Waals surface area contributed by atoms with Gasteiger partial charge in [0.1, 0.15) is 31.0 Å². The first-order valence-electron chi connectivity index (χ1n) is 12.0. The molecule has 0 bridgehead atoms. The molecule has 0 saturated carbocycles. The summed E-state index contributed by atoms with van der Waals surface area (Å²) in [6.07, 6.45) is 1.64. The summed E-state index contributed by atoms with van der Waals surface area (Å²) in [5, 5.41) is 14.7. The molecule has 1 unspecified atom stereocenters. The molecule has 4 atom stereocenters. The van der Waals surface area contributed by atoms with Crippen LogP contribution >= 0.6 is 11.6 Å². The van der Waals surface area contributed by atoms with Crippen LogP contribution in [0.1, 0.15) is 0 Å². The Balaban J connectivity index is 1.11. The second kappa shape index (κ2) is 8.97. The smallest absolute Gasteiger partial charge is 0.193 e. The summed E-state index contributed by atoms with van der Waals surface area (Å²) in [5.41, 5.74) is 6.25. The molecular weight excluding hydrogens is 494 g/mol. The molecule has 2 aliphatic rings. The Hall–Kier alpha value is -3.76. The van der Waals surface area contributed by atoms with Gasteiger partial charge in [-0.3, -0.25) is 0 Å². The van der Waals surface area contributed by atoms with Crippen LogP contribution in [0.25, 0.3) is 39.1 Å². The van der Waals surface area contributed by atoms with E-state index in [9.17, 15) is 5.11 Å². The summed E-state index contributed by atoms with van der Waals surface area (Å²) in [6.45, 7) is 0.617. The van der Waals surface area contributed by atoms with E-state index in [0.29, 0.717) is 23.2 Å². The standard InChI is InChI=1S/C27H22ClN5O4/c28-19-9-20-21(10-24(31-20)37-23-12-36-26-22(34)11-35-27(23)26)32-25(19)17-3-1-15(2-4-17)16-5-7-18(8-6-16)33-14-29-13-30-33/h1-10,13-14,22-23,26-27,31,34H,11-12H2/t22-,23-,26?,27-/m1/s1. The minimum atomic E-state index is -0.616. The average molecular weight is 516 g/mol. The molecule has 7 rings (SSSR count). The van der Waals surface area contributed by atoms with Gasteiger partial charge in [0.15, 0.2) is 12.0 Å². The van der Waals surface area contributed by atoms with Gasteiger partial charge in [-0.05, 0) is 29.3 Å². The first-order chi connectivity index (χ1) is 18.1. The molecule has 2 N–H and O–H groups in total. The minimum Gasteiger partial charge on any atom is -0.470 e. The normalized spacial score (nSPS) is 23.0. The van der Waals surface area contributed by atoms with Crippen molar-refractivity contribution in [2.45, 2.75) is 24.4 Å². The van der Waals surface area contributed by atoms with Gasteiger partial charge in [-0.15, -0.1) is 0 Å². The number of benzene rings is 2. The third kappa shape index (κ3) is 4.06. The maximum atomic E-state index is 9.95. The second-order valence-electron chi connectivity index (χ2n) is 9.17. The number of pyridine rings is 1. The quantitative estimate of drug-likeness (QED) is 0.364. The zero-order valence-electron chi connectivity index (χ0n) is 19.5. The number of ether oxygens (including phenoxy) is 3. The number of hydrogen-bond donors (Lipinski definition) is 2. The number of aliphatic hydroxyl groups is 1. The number of nitrogens with one attached hydrogen (secondary N) is 1. The molecule has 2 saturated heterocycles. The van der Waals surface area contributed by atoms with E-state index < -0.39 is 6.10 Å². The Bertz CT molecular complexity index is 1550. The number of halogens is 1. The fourth-order valence-corrected chi connectivity index (χ4v) is 5.21. The van der Waals surface area contributed by atoms with E-state index in [2.05, 4.69) is 39.3 Å². The highest BCUT2D eigenvalue weighted by Crippen LogP contribution is 2.34. The van der Waals surface area contributed by atoms with Gasteiger partial charge in [-0.1, -0.05) is 48.0 Å². The predicted octanol–water partition coefficient (Wildman–Crippen LogP) is 4.04. The maximum Gasteiger partial charge on any atom is 0.193 e. The molecule has 0 aliphatic carbocycles. The van der Waals surface area contributed by atoms with Crippen molar-refractivity contribution in [2.24, 2.45) is 0 Å². The summed E-state index contributed by atoms with van der Waals surface area (Å²) < 4.78 is 19.1. The lowest BCUT2D eigenvalue weighted by Gasteiger charge is -2.16.